The number of furan rings is 1. The molecule has 0 spiro atoms. The number of hydrogen-bond acceptors (Lipinski definition) is 9. The van der Waals surface area contributed by atoms with Crippen molar-refractivity contribution < 1.29 is 42.5 Å². The predicted octanol–water partition coefficient (Wildman–Crippen LogP) is 4.98. The van der Waals surface area contributed by atoms with Gasteiger partial charge in [0, 0.05) is 47.6 Å². The summed E-state index contributed by atoms with van der Waals surface area (Å²) in [6.07, 6.45) is 3.93. The second-order valence-electron chi connectivity index (χ2n) is 7.05. The van der Waals surface area contributed by atoms with Crippen LogP contribution in [0.4, 0.5) is 0 Å². The third-order valence-electron chi connectivity index (χ3n) is 4.48. The highest BCUT2D eigenvalue weighted by Crippen LogP contribution is 2.36. The molecule has 1 heterocycles. The van der Waals surface area contributed by atoms with Crippen molar-refractivity contribution in [2.45, 2.75) is 0 Å². The van der Waals surface area contributed by atoms with E-state index in [0.29, 0.717) is 22.6 Å². The fourth-order valence-corrected chi connectivity index (χ4v) is 2.94. The molecule has 0 N–H and O–H groups in total. The van der Waals surface area contributed by atoms with Gasteiger partial charge >= 0.3 is 23.9 Å². The summed E-state index contributed by atoms with van der Waals surface area (Å²) in [4.78, 5) is 46.8. The number of carbonyl (C=O) groups excluding carboxylic acids is 4. The topological polar surface area (TPSA) is 118 Å². The molecule has 0 saturated carbocycles. The zero-order valence-corrected chi connectivity index (χ0v) is 19.4. The Kier molecular flexibility index (Phi) is 8.35. The smallest absolute Gasteiger partial charge is 0.335 e. The van der Waals surface area contributed by atoms with Gasteiger partial charge in [-0.1, -0.05) is 26.3 Å². The van der Waals surface area contributed by atoms with E-state index in [0.717, 1.165) is 24.3 Å². The minimum atomic E-state index is -0.717. The summed E-state index contributed by atoms with van der Waals surface area (Å²) in [5, 5.41) is 0. The third-order valence-corrected chi connectivity index (χ3v) is 4.48. The van der Waals surface area contributed by atoms with Crippen LogP contribution in [0.3, 0.4) is 0 Å². The van der Waals surface area contributed by atoms with E-state index in [1.807, 2.05) is 0 Å². The summed E-state index contributed by atoms with van der Waals surface area (Å²) in [5.74, 6) is -1.96. The van der Waals surface area contributed by atoms with Crippen LogP contribution in [0.15, 0.2) is 104 Å². The van der Waals surface area contributed by atoms with Crippen molar-refractivity contribution in [2.75, 3.05) is 0 Å². The van der Waals surface area contributed by atoms with Gasteiger partial charge in [-0.05, 0) is 36.4 Å². The van der Waals surface area contributed by atoms with Crippen molar-refractivity contribution in [3.05, 3.63) is 99.2 Å². The Morgan fingerprint density at radius 1 is 0.514 bits per heavy atom. The summed E-state index contributed by atoms with van der Waals surface area (Å²) >= 11 is 0. The summed E-state index contributed by atoms with van der Waals surface area (Å²) in [5.41, 5.74) is 0.806. The van der Waals surface area contributed by atoms with Crippen molar-refractivity contribution in [1.82, 2.24) is 0 Å². The van der Waals surface area contributed by atoms with Crippen LogP contribution >= 0.6 is 0 Å². The summed E-state index contributed by atoms with van der Waals surface area (Å²) < 4.78 is 26.6. The molecule has 0 aliphatic carbocycles. The minimum Gasteiger partial charge on any atom is -0.456 e. The Labute approximate surface area is 211 Å². The normalized spacial score (nSPS) is 9.95. The highest BCUT2D eigenvalue weighted by molar-refractivity contribution is 5.86. The summed E-state index contributed by atoms with van der Waals surface area (Å²) in [6, 6.07) is 11.9. The van der Waals surface area contributed by atoms with Crippen LogP contribution in [-0.2, 0) is 19.2 Å². The largest absolute Gasteiger partial charge is 0.456 e. The van der Waals surface area contributed by atoms with Gasteiger partial charge in [0.15, 0.2) is 0 Å². The van der Waals surface area contributed by atoms with Crippen LogP contribution in [0, 0.1) is 0 Å². The van der Waals surface area contributed by atoms with E-state index in [-0.39, 0.29) is 23.0 Å². The number of rotatable bonds is 10. The second kappa shape index (κ2) is 11.8. The van der Waals surface area contributed by atoms with Gasteiger partial charge in [0.05, 0.1) is 0 Å². The molecule has 2 aromatic carbocycles. The lowest BCUT2D eigenvalue weighted by molar-refractivity contribution is -0.130. The van der Waals surface area contributed by atoms with E-state index >= 15 is 0 Å². The van der Waals surface area contributed by atoms with Gasteiger partial charge in [0.2, 0.25) is 0 Å². The van der Waals surface area contributed by atoms with E-state index < -0.39 is 23.9 Å². The average Bonchev–Trinajstić information content (AvgIpc) is 3.38. The van der Waals surface area contributed by atoms with Crippen molar-refractivity contribution in [3.8, 4) is 45.6 Å². The Balaban J connectivity index is 2.04. The first-order valence-corrected chi connectivity index (χ1v) is 10.5. The van der Waals surface area contributed by atoms with Gasteiger partial charge in [-0.2, -0.15) is 0 Å². The molecule has 0 bridgehead atoms. The Bertz CT molecular complexity index is 1240. The van der Waals surface area contributed by atoms with Crippen LogP contribution in [0.2, 0.25) is 0 Å². The number of benzene rings is 2. The fraction of sp³-hybridized carbons (Fsp3) is 0. The van der Waals surface area contributed by atoms with E-state index in [2.05, 4.69) is 26.3 Å². The number of hydrogen-bond donors (Lipinski definition) is 0. The van der Waals surface area contributed by atoms with Gasteiger partial charge in [-0.3, -0.25) is 0 Å². The monoisotopic (exact) mass is 500 g/mol. The highest BCUT2D eigenvalue weighted by Gasteiger charge is 2.15. The van der Waals surface area contributed by atoms with E-state index in [1.165, 1.54) is 36.4 Å². The lowest BCUT2D eigenvalue weighted by Crippen LogP contribution is -2.06. The Morgan fingerprint density at radius 2 is 0.784 bits per heavy atom. The van der Waals surface area contributed by atoms with E-state index in [9.17, 15) is 19.2 Å². The second-order valence-corrected chi connectivity index (χ2v) is 7.05. The molecule has 37 heavy (non-hydrogen) atoms. The van der Waals surface area contributed by atoms with Crippen LogP contribution in [0.1, 0.15) is 0 Å². The van der Waals surface area contributed by atoms with Crippen molar-refractivity contribution in [1.29, 1.82) is 0 Å². The molecule has 3 rings (SSSR count). The maximum absolute atomic E-state index is 11.7. The first-order chi connectivity index (χ1) is 17.7. The van der Waals surface area contributed by atoms with Crippen molar-refractivity contribution >= 4 is 23.9 Å². The molecule has 9 nitrogen and oxygen atoms in total. The lowest BCUT2D eigenvalue weighted by atomic mass is 10.1. The third kappa shape index (κ3) is 7.03. The van der Waals surface area contributed by atoms with Crippen molar-refractivity contribution in [2.24, 2.45) is 0 Å². The van der Waals surface area contributed by atoms with E-state index in [1.54, 1.807) is 12.1 Å². The zero-order chi connectivity index (χ0) is 26.9. The maximum atomic E-state index is 11.7. The molecular weight excluding hydrogens is 480 g/mol. The first kappa shape index (κ1) is 26.2. The molecule has 3 aromatic rings. The van der Waals surface area contributed by atoms with Gasteiger partial charge in [-0.15, -0.1) is 0 Å². The molecule has 1 aromatic heterocycles. The van der Waals surface area contributed by atoms with Crippen LogP contribution in [0.5, 0.6) is 23.0 Å². The van der Waals surface area contributed by atoms with Crippen LogP contribution in [-0.4, -0.2) is 23.9 Å². The molecule has 186 valence electrons. The minimum absolute atomic E-state index is 0.0733. The number of ether oxygens (including phenoxy) is 4. The fourth-order valence-electron chi connectivity index (χ4n) is 2.94. The molecule has 9 heteroatoms. The molecule has 0 radical (unpaired) electrons. The average molecular weight is 500 g/mol. The molecule has 0 amide bonds. The van der Waals surface area contributed by atoms with Gasteiger partial charge in [0.25, 0.3) is 0 Å². The molecule has 0 aliphatic rings. The van der Waals surface area contributed by atoms with Gasteiger partial charge in [0.1, 0.15) is 34.5 Å². The Morgan fingerprint density at radius 3 is 1.03 bits per heavy atom. The van der Waals surface area contributed by atoms with Gasteiger partial charge < -0.3 is 23.4 Å². The molecule has 0 atom stereocenters. The molecular formula is C28H20O9. The highest BCUT2D eigenvalue weighted by atomic mass is 16.6. The van der Waals surface area contributed by atoms with E-state index in [4.69, 9.17) is 23.4 Å². The van der Waals surface area contributed by atoms with Crippen LogP contribution in [0.25, 0.3) is 22.6 Å². The summed E-state index contributed by atoms with van der Waals surface area (Å²) in [6.45, 7) is 13.4. The quantitative estimate of drug-likeness (QED) is 0.216. The summed E-state index contributed by atoms with van der Waals surface area (Å²) in [7, 11) is 0. The number of carbonyl (C=O) groups is 4. The standard InChI is InChI=1S/C28H20O9/c1-5-25(29)33-19-11-17(12-20(15-19)34-26(30)6-2)23-9-10-24(37-23)18-13-21(35-27(31)7-3)16-22(14-18)36-28(32)8-4/h5-16H,1-4H2. The molecule has 0 aliphatic heterocycles. The lowest BCUT2D eigenvalue weighted by Gasteiger charge is -2.09. The molecule has 0 unspecified atom stereocenters. The SMILES string of the molecule is C=CC(=O)Oc1cc(OC(=O)C=C)cc(-c2ccc(-c3cc(OC(=O)C=C)cc(OC(=O)C=C)c3)o2)c1. The molecule has 0 saturated heterocycles. The maximum Gasteiger partial charge on any atom is 0.335 e. The van der Waals surface area contributed by atoms with Crippen LogP contribution < -0.4 is 18.9 Å². The first-order valence-electron chi connectivity index (χ1n) is 10.5. The predicted molar refractivity (Wildman–Crippen MR) is 133 cm³/mol. The van der Waals surface area contributed by atoms with Gasteiger partial charge in [-0.25, -0.2) is 19.2 Å². The molecule has 0 fully saturated rings. The van der Waals surface area contributed by atoms with Crippen molar-refractivity contribution in [3.63, 3.8) is 0 Å². The number of esters is 4. The Hall–Kier alpha value is -5.44. The zero-order valence-electron chi connectivity index (χ0n) is 19.4.